The van der Waals surface area contributed by atoms with Crippen LogP contribution in [0, 0.1) is 5.92 Å². The first-order chi connectivity index (χ1) is 6.41. The number of rotatable bonds is 6. The highest BCUT2D eigenvalue weighted by Crippen LogP contribution is 2.14. The van der Waals surface area contributed by atoms with Gasteiger partial charge >= 0.3 is 0 Å². The van der Waals surface area contributed by atoms with Gasteiger partial charge in [0.05, 0.1) is 6.04 Å². The average Bonchev–Trinajstić information content (AvgIpc) is 2.11. The van der Waals surface area contributed by atoms with Gasteiger partial charge in [-0.15, -0.1) is 0 Å². The van der Waals surface area contributed by atoms with Crippen LogP contribution in [0.15, 0.2) is 0 Å². The zero-order valence-corrected chi connectivity index (χ0v) is 10.5. The normalized spacial score (nSPS) is 14.1. The van der Waals surface area contributed by atoms with Gasteiger partial charge in [-0.05, 0) is 27.3 Å². The van der Waals surface area contributed by atoms with Crippen molar-refractivity contribution in [3.63, 3.8) is 0 Å². The monoisotopic (exact) mass is 199 g/mol. The van der Waals surface area contributed by atoms with E-state index in [-0.39, 0.29) is 12.0 Å². The lowest BCUT2D eigenvalue weighted by Gasteiger charge is -2.31. The maximum absolute atomic E-state index is 11.9. The maximum Gasteiger partial charge on any atom is 0.152 e. The van der Waals surface area contributed by atoms with Crippen molar-refractivity contribution in [1.82, 2.24) is 4.90 Å². The molecule has 0 saturated heterocycles. The molecule has 0 aliphatic heterocycles. The number of Topliss-reactive ketones (excluding diaryl/α,β-unsaturated/α-hetero) is 1. The highest BCUT2D eigenvalue weighted by Gasteiger charge is 2.25. The molecule has 0 aromatic carbocycles. The van der Waals surface area contributed by atoms with Crippen LogP contribution in [0.4, 0.5) is 0 Å². The number of nitrogens with zero attached hydrogens (tertiary/aromatic N) is 1. The number of carbonyl (C=O) groups is 1. The van der Waals surface area contributed by atoms with Gasteiger partial charge in [0.15, 0.2) is 5.78 Å². The molecular formula is C12H25NO. The molecule has 0 aromatic rings. The highest BCUT2D eigenvalue weighted by atomic mass is 16.1. The van der Waals surface area contributed by atoms with Crippen LogP contribution in [0.25, 0.3) is 0 Å². The molecule has 0 saturated carbocycles. The summed E-state index contributed by atoms with van der Waals surface area (Å²) in [6.07, 6.45) is 2.05. The van der Waals surface area contributed by atoms with Crippen LogP contribution in [0.5, 0.6) is 0 Å². The molecule has 0 N–H and O–H groups in total. The molecule has 0 amide bonds. The lowest BCUT2D eigenvalue weighted by Crippen LogP contribution is -2.44. The van der Waals surface area contributed by atoms with E-state index in [4.69, 9.17) is 0 Å². The van der Waals surface area contributed by atoms with Gasteiger partial charge in [-0.3, -0.25) is 9.69 Å². The van der Waals surface area contributed by atoms with Crippen LogP contribution in [-0.4, -0.2) is 29.8 Å². The largest absolute Gasteiger partial charge is 0.298 e. The van der Waals surface area contributed by atoms with Crippen molar-refractivity contribution in [2.45, 2.75) is 59.5 Å². The van der Waals surface area contributed by atoms with Crippen LogP contribution >= 0.6 is 0 Å². The van der Waals surface area contributed by atoms with E-state index in [9.17, 15) is 4.79 Å². The molecule has 1 atom stereocenters. The standard InChI is InChI=1S/C12H25NO/c1-7-8-11(12(14)9(2)3)13(6)10(4)5/h9-11H,7-8H2,1-6H3/t11-/m1/s1. The van der Waals surface area contributed by atoms with Crippen molar-refractivity contribution in [2.24, 2.45) is 5.92 Å². The minimum atomic E-state index is 0.111. The Hall–Kier alpha value is -0.370. The summed E-state index contributed by atoms with van der Waals surface area (Å²) >= 11 is 0. The van der Waals surface area contributed by atoms with Crippen LogP contribution in [-0.2, 0) is 4.79 Å². The van der Waals surface area contributed by atoms with Crippen LogP contribution in [0.2, 0.25) is 0 Å². The second kappa shape index (κ2) is 6.18. The molecule has 2 nitrogen and oxygen atoms in total. The predicted octanol–water partition coefficient (Wildman–Crippen LogP) is 2.72. The van der Waals surface area contributed by atoms with Gasteiger partial charge in [0, 0.05) is 12.0 Å². The molecule has 0 aliphatic carbocycles. The Bertz CT molecular complexity index is 175. The van der Waals surface area contributed by atoms with E-state index in [0.717, 1.165) is 12.8 Å². The van der Waals surface area contributed by atoms with Gasteiger partial charge in [0.2, 0.25) is 0 Å². The lowest BCUT2D eigenvalue weighted by atomic mass is 9.96. The fourth-order valence-corrected chi connectivity index (χ4v) is 1.56. The van der Waals surface area contributed by atoms with Crippen molar-refractivity contribution in [1.29, 1.82) is 0 Å². The molecule has 0 aromatic heterocycles. The van der Waals surface area contributed by atoms with Gasteiger partial charge in [0.1, 0.15) is 0 Å². The summed E-state index contributed by atoms with van der Waals surface area (Å²) in [7, 11) is 2.05. The molecule has 0 aliphatic rings. The van der Waals surface area contributed by atoms with Crippen LogP contribution in [0.3, 0.4) is 0 Å². The minimum absolute atomic E-state index is 0.111. The quantitative estimate of drug-likeness (QED) is 0.655. The van der Waals surface area contributed by atoms with Gasteiger partial charge in [0.25, 0.3) is 0 Å². The number of carbonyl (C=O) groups excluding carboxylic acids is 1. The van der Waals surface area contributed by atoms with Crippen molar-refractivity contribution >= 4 is 5.78 Å². The second-order valence-electron chi connectivity index (χ2n) is 4.62. The Labute approximate surface area is 88.7 Å². The first-order valence-corrected chi connectivity index (χ1v) is 5.67. The summed E-state index contributed by atoms with van der Waals surface area (Å²) in [6.45, 7) is 10.4. The molecular weight excluding hydrogens is 174 g/mol. The van der Waals surface area contributed by atoms with Crippen molar-refractivity contribution in [2.75, 3.05) is 7.05 Å². The van der Waals surface area contributed by atoms with E-state index < -0.39 is 0 Å². The van der Waals surface area contributed by atoms with Gasteiger partial charge in [-0.25, -0.2) is 0 Å². The fraction of sp³-hybridized carbons (Fsp3) is 0.917. The molecule has 14 heavy (non-hydrogen) atoms. The summed E-state index contributed by atoms with van der Waals surface area (Å²) in [4.78, 5) is 14.1. The lowest BCUT2D eigenvalue weighted by molar-refractivity contribution is -0.127. The third-order valence-corrected chi connectivity index (χ3v) is 2.77. The Kier molecular flexibility index (Phi) is 6.01. The molecule has 0 fully saturated rings. The molecule has 84 valence electrons. The summed E-state index contributed by atoms with van der Waals surface area (Å²) < 4.78 is 0. The number of hydrogen-bond acceptors (Lipinski definition) is 2. The molecule has 0 spiro atoms. The average molecular weight is 199 g/mol. The molecule has 0 unspecified atom stereocenters. The number of ketones is 1. The van der Waals surface area contributed by atoms with E-state index in [2.05, 4.69) is 25.7 Å². The molecule has 0 rings (SSSR count). The highest BCUT2D eigenvalue weighted by molar-refractivity contribution is 5.85. The van der Waals surface area contributed by atoms with Gasteiger partial charge < -0.3 is 0 Å². The molecule has 0 bridgehead atoms. The predicted molar refractivity (Wildman–Crippen MR) is 61.4 cm³/mol. The second-order valence-corrected chi connectivity index (χ2v) is 4.62. The summed E-state index contributed by atoms with van der Waals surface area (Å²) in [6, 6.07) is 0.550. The van der Waals surface area contributed by atoms with Crippen LogP contribution < -0.4 is 0 Å². The maximum atomic E-state index is 11.9. The zero-order valence-electron chi connectivity index (χ0n) is 10.5. The van der Waals surface area contributed by atoms with Crippen molar-refractivity contribution < 1.29 is 4.79 Å². The third kappa shape index (κ3) is 3.79. The Balaban J connectivity index is 4.50. The molecule has 0 heterocycles. The summed E-state index contributed by atoms with van der Waals surface area (Å²) in [5, 5.41) is 0. The Morgan fingerprint density at radius 1 is 1.21 bits per heavy atom. The van der Waals surface area contributed by atoms with E-state index in [0.29, 0.717) is 11.8 Å². The van der Waals surface area contributed by atoms with E-state index in [1.165, 1.54) is 0 Å². The first kappa shape index (κ1) is 13.6. The Morgan fingerprint density at radius 2 is 1.71 bits per heavy atom. The number of likely N-dealkylation sites (N-methyl/N-ethyl adjacent to an activating group) is 1. The van der Waals surface area contributed by atoms with E-state index >= 15 is 0 Å². The molecule has 0 radical (unpaired) electrons. The zero-order chi connectivity index (χ0) is 11.3. The SMILES string of the molecule is CCC[C@H](C(=O)C(C)C)N(C)C(C)C. The summed E-state index contributed by atoms with van der Waals surface area (Å²) in [5.74, 6) is 0.524. The van der Waals surface area contributed by atoms with E-state index in [1.807, 2.05) is 20.9 Å². The first-order valence-electron chi connectivity index (χ1n) is 5.67. The van der Waals surface area contributed by atoms with E-state index in [1.54, 1.807) is 0 Å². The van der Waals surface area contributed by atoms with Crippen LogP contribution in [0.1, 0.15) is 47.5 Å². The molecule has 2 heteroatoms. The fourth-order valence-electron chi connectivity index (χ4n) is 1.56. The van der Waals surface area contributed by atoms with Gasteiger partial charge in [-0.1, -0.05) is 27.2 Å². The number of hydrogen-bond donors (Lipinski definition) is 0. The Morgan fingerprint density at radius 3 is 2.00 bits per heavy atom. The third-order valence-electron chi connectivity index (χ3n) is 2.77. The minimum Gasteiger partial charge on any atom is -0.298 e. The van der Waals surface area contributed by atoms with Crippen molar-refractivity contribution in [3.8, 4) is 0 Å². The smallest absolute Gasteiger partial charge is 0.152 e. The van der Waals surface area contributed by atoms with Gasteiger partial charge in [-0.2, -0.15) is 0 Å². The summed E-state index contributed by atoms with van der Waals surface area (Å²) in [5.41, 5.74) is 0. The van der Waals surface area contributed by atoms with Crippen molar-refractivity contribution in [3.05, 3.63) is 0 Å². The topological polar surface area (TPSA) is 20.3 Å².